The van der Waals surface area contributed by atoms with Crippen molar-refractivity contribution in [1.82, 2.24) is 14.5 Å². The summed E-state index contributed by atoms with van der Waals surface area (Å²) in [5.41, 5.74) is 5.48. The van der Waals surface area contributed by atoms with E-state index in [-0.39, 0.29) is 16.4 Å². The molecule has 1 aliphatic heterocycles. The quantitative estimate of drug-likeness (QED) is 0.367. The van der Waals surface area contributed by atoms with Gasteiger partial charge in [-0.15, -0.1) is 0 Å². The molecule has 2 aromatic rings. The van der Waals surface area contributed by atoms with Crippen molar-refractivity contribution in [2.24, 2.45) is 5.73 Å². The van der Waals surface area contributed by atoms with Gasteiger partial charge in [0.05, 0.1) is 17.6 Å². The number of aromatic amines is 1. The summed E-state index contributed by atoms with van der Waals surface area (Å²) in [4.78, 5) is 18.0. The summed E-state index contributed by atoms with van der Waals surface area (Å²) in [7, 11) is 0. The van der Waals surface area contributed by atoms with Gasteiger partial charge in [0, 0.05) is 6.20 Å². The van der Waals surface area contributed by atoms with E-state index in [1.807, 2.05) is 0 Å². The van der Waals surface area contributed by atoms with Crippen LogP contribution in [0.25, 0.3) is 11.0 Å². The van der Waals surface area contributed by atoms with Gasteiger partial charge in [0.15, 0.2) is 11.7 Å². The highest BCUT2D eigenvalue weighted by molar-refractivity contribution is 6.04. The van der Waals surface area contributed by atoms with Crippen LogP contribution in [-0.2, 0) is 4.74 Å². The van der Waals surface area contributed by atoms with E-state index in [9.17, 15) is 15.0 Å². The molecule has 1 saturated heterocycles. The third-order valence-corrected chi connectivity index (χ3v) is 3.72. The molecule has 2 aromatic heterocycles. The number of primary amides is 1. The standard InChI is InChI=1S/C12H15N5O5/c13-9-6-4(10(14)21)1-15-11(6)17(3-16-9)12-8(20)7(19)5(2-18)22-12/h1,3,5,7-8,12-13,15,18-20H,2H2,(H2,14,21)/t5-,7-,8-,12-/m1/s1. The molecule has 0 aliphatic carbocycles. The highest BCUT2D eigenvalue weighted by Gasteiger charge is 2.43. The van der Waals surface area contributed by atoms with Crippen LogP contribution in [-0.4, -0.2) is 60.7 Å². The predicted octanol–water partition coefficient (Wildman–Crippen LogP) is -2.45. The second-order valence-electron chi connectivity index (χ2n) is 5.02. The molecule has 0 unspecified atom stereocenters. The summed E-state index contributed by atoms with van der Waals surface area (Å²) >= 11 is 0. The third kappa shape index (κ3) is 2.01. The minimum absolute atomic E-state index is 0.0913. The van der Waals surface area contributed by atoms with Gasteiger partial charge in [-0.25, -0.2) is 4.98 Å². The Bertz CT molecular complexity index is 784. The lowest BCUT2D eigenvalue weighted by Crippen LogP contribution is -2.33. The lowest BCUT2D eigenvalue weighted by Gasteiger charge is -2.19. The van der Waals surface area contributed by atoms with E-state index >= 15 is 0 Å². The van der Waals surface area contributed by atoms with Gasteiger partial charge in [0.1, 0.15) is 30.3 Å². The number of nitrogens with one attached hydrogen (secondary N) is 2. The fraction of sp³-hybridized carbons (Fsp3) is 0.417. The van der Waals surface area contributed by atoms with Crippen molar-refractivity contribution in [3.63, 3.8) is 0 Å². The second kappa shape index (κ2) is 5.18. The van der Waals surface area contributed by atoms with E-state index in [1.54, 1.807) is 0 Å². The Morgan fingerprint density at radius 1 is 1.50 bits per heavy atom. The fourth-order valence-corrected chi connectivity index (χ4v) is 2.60. The van der Waals surface area contributed by atoms with Crippen molar-refractivity contribution in [2.45, 2.75) is 24.5 Å². The van der Waals surface area contributed by atoms with Gasteiger partial charge < -0.3 is 30.8 Å². The van der Waals surface area contributed by atoms with Gasteiger partial charge >= 0.3 is 0 Å². The zero-order valence-electron chi connectivity index (χ0n) is 11.3. The van der Waals surface area contributed by atoms with Gasteiger partial charge in [-0.1, -0.05) is 0 Å². The molecule has 4 atom stereocenters. The third-order valence-electron chi connectivity index (χ3n) is 3.72. The van der Waals surface area contributed by atoms with Crippen molar-refractivity contribution in [1.29, 1.82) is 5.41 Å². The minimum Gasteiger partial charge on any atom is -0.394 e. The lowest BCUT2D eigenvalue weighted by atomic mass is 10.1. The van der Waals surface area contributed by atoms with E-state index in [0.717, 1.165) is 0 Å². The Hall–Kier alpha value is -2.27. The Morgan fingerprint density at radius 3 is 2.82 bits per heavy atom. The summed E-state index contributed by atoms with van der Waals surface area (Å²) in [5, 5.41) is 37.0. The molecule has 0 spiro atoms. The number of nitrogens with zero attached hydrogens (tertiary/aromatic N) is 2. The van der Waals surface area contributed by atoms with Crippen LogP contribution in [0, 0.1) is 5.41 Å². The number of hydrogen-bond donors (Lipinski definition) is 6. The fourth-order valence-electron chi connectivity index (χ4n) is 2.60. The number of carbonyl (C=O) groups is 1. The smallest absolute Gasteiger partial charge is 0.251 e. The number of ether oxygens (including phenoxy) is 1. The number of aliphatic hydroxyl groups is 3. The molecule has 0 bridgehead atoms. The number of amides is 1. The van der Waals surface area contributed by atoms with E-state index in [1.165, 1.54) is 17.1 Å². The van der Waals surface area contributed by atoms with E-state index in [0.29, 0.717) is 5.65 Å². The topological polar surface area (TPSA) is 170 Å². The van der Waals surface area contributed by atoms with Gasteiger partial charge in [-0.2, -0.15) is 0 Å². The summed E-state index contributed by atoms with van der Waals surface area (Å²) < 4.78 is 6.76. The molecule has 3 heterocycles. The van der Waals surface area contributed by atoms with E-state index in [2.05, 4.69) is 9.97 Å². The molecular formula is C12H15N5O5. The number of fused-ring (bicyclic) bond motifs is 1. The average Bonchev–Trinajstić information content (AvgIpc) is 3.04. The summed E-state index contributed by atoms with van der Waals surface area (Å²) in [6.45, 7) is -0.459. The van der Waals surface area contributed by atoms with Crippen molar-refractivity contribution in [3.05, 3.63) is 23.6 Å². The molecule has 1 amide bonds. The first-order chi connectivity index (χ1) is 10.5. The van der Waals surface area contributed by atoms with Crippen LogP contribution in [0.5, 0.6) is 0 Å². The monoisotopic (exact) mass is 309 g/mol. The molecule has 1 fully saturated rings. The molecule has 3 rings (SSSR count). The molecule has 0 saturated carbocycles. The van der Waals surface area contributed by atoms with Gasteiger partial charge in [0.2, 0.25) is 0 Å². The van der Waals surface area contributed by atoms with E-state index in [4.69, 9.17) is 21.0 Å². The van der Waals surface area contributed by atoms with Crippen molar-refractivity contribution in [3.8, 4) is 0 Å². The largest absolute Gasteiger partial charge is 0.394 e. The molecular weight excluding hydrogens is 294 g/mol. The highest BCUT2D eigenvalue weighted by atomic mass is 16.6. The number of rotatable bonds is 3. The first-order valence-corrected chi connectivity index (χ1v) is 6.50. The van der Waals surface area contributed by atoms with Gasteiger partial charge in [-0.3, -0.25) is 14.8 Å². The van der Waals surface area contributed by atoms with Crippen LogP contribution in [0.4, 0.5) is 0 Å². The molecule has 7 N–H and O–H groups in total. The van der Waals surface area contributed by atoms with Crippen LogP contribution in [0.3, 0.4) is 0 Å². The molecule has 10 heteroatoms. The summed E-state index contributed by atoms with van der Waals surface area (Å²) in [5.74, 6) is -0.722. The van der Waals surface area contributed by atoms with Crippen molar-refractivity contribution in [2.75, 3.05) is 6.61 Å². The van der Waals surface area contributed by atoms with Crippen molar-refractivity contribution < 1.29 is 24.9 Å². The number of aromatic nitrogens is 3. The molecule has 0 aromatic carbocycles. The number of aliphatic hydroxyl groups excluding tert-OH is 3. The normalized spacial score (nSPS) is 28.3. The Morgan fingerprint density at radius 2 is 2.23 bits per heavy atom. The number of hydrogen-bond acceptors (Lipinski definition) is 7. The zero-order valence-corrected chi connectivity index (χ0v) is 11.3. The first kappa shape index (κ1) is 14.7. The number of nitrogens with two attached hydrogens (primary N) is 1. The summed E-state index contributed by atoms with van der Waals surface area (Å²) in [6.07, 6.45) is -1.95. The van der Waals surface area contributed by atoms with Gasteiger partial charge in [0.25, 0.3) is 5.91 Å². The Labute approximate surface area is 123 Å². The lowest BCUT2D eigenvalue weighted by molar-refractivity contribution is -0.0515. The SMILES string of the molecule is N=c1ncn([C@@H]2O[C@H](CO)[C@@H](O)[C@H]2O)c2[nH]cc(C(N)=O)c12. The Balaban J connectivity index is 2.15. The van der Waals surface area contributed by atoms with Crippen LogP contribution >= 0.6 is 0 Å². The maximum absolute atomic E-state index is 11.4. The Kier molecular flexibility index (Phi) is 3.45. The molecule has 1 aliphatic rings. The zero-order chi connectivity index (χ0) is 16.0. The van der Waals surface area contributed by atoms with Crippen LogP contribution in [0.2, 0.25) is 0 Å². The number of carbonyl (C=O) groups excluding carboxylic acids is 1. The van der Waals surface area contributed by atoms with E-state index < -0.39 is 37.1 Å². The average molecular weight is 309 g/mol. The molecule has 118 valence electrons. The predicted molar refractivity (Wildman–Crippen MR) is 71.5 cm³/mol. The van der Waals surface area contributed by atoms with Crippen LogP contribution in [0.1, 0.15) is 16.6 Å². The maximum Gasteiger partial charge on any atom is 0.251 e. The minimum atomic E-state index is -1.30. The van der Waals surface area contributed by atoms with Crippen LogP contribution in [0.15, 0.2) is 12.5 Å². The number of H-pyrrole nitrogens is 1. The first-order valence-electron chi connectivity index (χ1n) is 6.50. The van der Waals surface area contributed by atoms with Crippen molar-refractivity contribution >= 4 is 16.9 Å². The van der Waals surface area contributed by atoms with Gasteiger partial charge in [-0.05, 0) is 0 Å². The van der Waals surface area contributed by atoms with Crippen LogP contribution < -0.4 is 11.2 Å². The molecule has 10 nitrogen and oxygen atoms in total. The molecule has 22 heavy (non-hydrogen) atoms. The maximum atomic E-state index is 11.4. The highest BCUT2D eigenvalue weighted by Crippen LogP contribution is 2.30. The molecule has 0 radical (unpaired) electrons. The summed E-state index contributed by atoms with van der Waals surface area (Å²) in [6, 6.07) is 0. The second-order valence-corrected chi connectivity index (χ2v) is 5.02.